The van der Waals surface area contributed by atoms with Crippen molar-refractivity contribution in [3.63, 3.8) is 0 Å². The molecule has 0 spiro atoms. The summed E-state index contributed by atoms with van der Waals surface area (Å²) in [5.74, 6) is 0. The second kappa shape index (κ2) is 12.1. The lowest BCUT2D eigenvalue weighted by molar-refractivity contribution is 0.0625. The number of pyridine rings is 2. The Kier molecular flexibility index (Phi) is 9.52. The molecule has 0 fully saturated rings. The van der Waals surface area contributed by atoms with Crippen LogP contribution in [0.2, 0.25) is 10.3 Å². The fraction of sp³-hybridized carbons (Fsp3) is 0.370. The fourth-order valence-corrected chi connectivity index (χ4v) is 6.02. The van der Waals surface area contributed by atoms with Crippen molar-refractivity contribution >= 4 is 88.2 Å². The number of aromatic nitrogens is 2. The molecule has 0 saturated carbocycles. The van der Waals surface area contributed by atoms with E-state index in [-0.39, 0.29) is 5.15 Å². The molecule has 0 saturated heterocycles. The second-order valence-electron chi connectivity index (χ2n) is 10.7. The number of fused-ring (bicyclic) bond motifs is 2. The van der Waals surface area contributed by atoms with Gasteiger partial charge in [-0.3, -0.25) is 10.6 Å². The lowest BCUT2D eigenvalue weighted by atomic mass is 10.2. The van der Waals surface area contributed by atoms with Gasteiger partial charge >= 0.3 is 12.2 Å². The summed E-state index contributed by atoms with van der Waals surface area (Å²) in [6.45, 7) is 14.6. The third-order valence-electron chi connectivity index (χ3n) is 4.88. The van der Waals surface area contributed by atoms with Crippen LogP contribution in [0.3, 0.4) is 0 Å². The second-order valence-corrected chi connectivity index (χ2v) is 13.5. The zero-order chi connectivity index (χ0) is 30.0. The summed E-state index contributed by atoms with van der Waals surface area (Å²) in [6.07, 6.45) is 2.28. The molecule has 40 heavy (non-hydrogen) atoms. The van der Waals surface area contributed by atoms with E-state index in [2.05, 4.69) is 26.7 Å². The van der Waals surface area contributed by atoms with Crippen molar-refractivity contribution in [2.45, 2.75) is 66.6 Å². The summed E-state index contributed by atoms with van der Waals surface area (Å²) in [5.41, 5.74) is 1.11. The lowest BCUT2D eigenvalue weighted by Gasteiger charge is -2.19. The van der Waals surface area contributed by atoms with Gasteiger partial charge in [0.1, 0.15) is 32.6 Å². The first-order valence-electron chi connectivity index (χ1n) is 12.0. The van der Waals surface area contributed by atoms with Crippen molar-refractivity contribution in [3.8, 4) is 6.07 Å². The minimum absolute atomic E-state index is 0.251. The lowest BCUT2D eigenvalue weighted by Crippen LogP contribution is -2.27. The molecule has 0 unspecified atom stereocenters. The molecule has 13 heteroatoms. The van der Waals surface area contributed by atoms with Crippen molar-refractivity contribution in [2.75, 3.05) is 10.6 Å². The Labute approximate surface area is 250 Å². The number of hydrogen-bond donors (Lipinski definition) is 2. The number of hydrogen-bond acceptors (Lipinski definition) is 9. The Morgan fingerprint density at radius 1 is 0.875 bits per heavy atom. The molecule has 4 heterocycles. The topological polar surface area (TPSA) is 126 Å². The monoisotopic (exact) mass is 621 g/mol. The fourth-order valence-electron chi connectivity index (χ4n) is 3.36. The van der Waals surface area contributed by atoms with Crippen molar-refractivity contribution in [1.29, 1.82) is 5.26 Å². The molecule has 4 rings (SSSR count). The van der Waals surface area contributed by atoms with Gasteiger partial charge in [0.15, 0.2) is 0 Å². The smallest absolute Gasteiger partial charge is 0.412 e. The van der Waals surface area contributed by atoms with Crippen LogP contribution >= 0.6 is 45.9 Å². The van der Waals surface area contributed by atoms with E-state index in [0.29, 0.717) is 26.1 Å². The molecule has 2 amide bonds. The maximum absolute atomic E-state index is 11.9. The molecule has 212 valence electrons. The van der Waals surface area contributed by atoms with E-state index >= 15 is 0 Å². The molecule has 0 aliphatic carbocycles. The average Bonchev–Trinajstić information content (AvgIpc) is 3.39. The number of nitriles is 1. The SMILES string of the molecule is Cc1cnc(Cl)c2c(C#N)c(NC(=O)OC(C)(C)C)sc12.Cc1cnc(Cl)c2cc(NC(=O)OC(C)(C)C)sc12. The number of halogens is 2. The largest absolute Gasteiger partial charge is 0.444 e. The highest BCUT2D eigenvalue weighted by molar-refractivity contribution is 7.23. The van der Waals surface area contributed by atoms with Crippen LogP contribution in [0.4, 0.5) is 19.6 Å². The molecule has 0 bridgehead atoms. The Morgan fingerprint density at radius 3 is 1.93 bits per heavy atom. The van der Waals surface area contributed by atoms with Gasteiger partial charge in [-0.2, -0.15) is 5.26 Å². The van der Waals surface area contributed by atoms with E-state index in [4.69, 9.17) is 32.7 Å². The van der Waals surface area contributed by atoms with Crippen LogP contribution < -0.4 is 10.6 Å². The van der Waals surface area contributed by atoms with Crippen LogP contribution in [0.5, 0.6) is 0 Å². The number of nitrogens with one attached hydrogen (secondary N) is 2. The Morgan fingerprint density at radius 2 is 1.40 bits per heavy atom. The number of anilines is 2. The highest BCUT2D eigenvalue weighted by atomic mass is 35.5. The first kappa shape index (κ1) is 31.4. The molecule has 0 radical (unpaired) electrons. The number of carbonyl (C=O) groups excluding carboxylic acids is 2. The predicted molar refractivity (Wildman–Crippen MR) is 163 cm³/mol. The summed E-state index contributed by atoms with van der Waals surface area (Å²) in [5, 5.41) is 17.9. The van der Waals surface area contributed by atoms with E-state index in [0.717, 1.165) is 25.9 Å². The van der Waals surface area contributed by atoms with Crippen molar-refractivity contribution < 1.29 is 19.1 Å². The summed E-state index contributed by atoms with van der Waals surface area (Å²) in [4.78, 5) is 31.7. The first-order valence-corrected chi connectivity index (χ1v) is 14.4. The maximum Gasteiger partial charge on any atom is 0.412 e. The van der Waals surface area contributed by atoms with Crippen LogP contribution in [0.25, 0.3) is 20.2 Å². The van der Waals surface area contributed by atoms with Gasteiger partial charge in [-0.15, -0.1) is 22.7 Å². The van der Waals surface area contributed by atoms with Gasteiger partial charge in [-0.25, -0.2) is 19.6 Å². The highest BCUT2D eigenvalue weighted by Gasteiger charge is 2.22. The highest BCUT2D eigenvalue weighted by Crippen LogP contribution is 2.40. The number of amides is 2. The molecule has 0 aromatic carbocycles. The van der Waals surface area contributed by atoms with Gasteiger partial charge < -0.3 is 9.47 Å². The number of nitrogens with zero attached hydrogens (tertiary/aromatic N) is 3. The van der Waals surface area contributed by atoms with Gasteiger partial charge in [0, 0.05) is 27.2 Å². The van der Waals surface area contributed by atoms with Crippen LogP contribution in [-0.2, 0) is 9.47 Å². The van der Waals surface area contributed by atoms with E-state index in [1.165, 1.54) is 22.7 Å². The van der Waals surface area contributed by atoms with Crippen molar-refractivity contribution in [2.24, 2.45) is 0 Å². The van der Waals surface area contributed by atoms with Gasteiger partial charge in [0.25, 0.3) is 0 Å². The van der Waals surface area contributed by atoms with Gasteiger partial charge in [-0.1, -0.05) is 23.2 Å². The minimum Gasteiger partial charge on any atom is -0.444 e. The molecule has 0 atom stereocenters. The molecular formula is C27H29Cl2N5O4S2. The van der Waals surface area contributed by atoms with Crippen molar-refractivity contribution in [1.82, 2.24) is 9.97 Å². The number of ether oxygens (including phenoxy) is 2. The molecule has 0 aliphatic rings. The summed E-state index contributed by atoms with van der Waals surface area (Å²) in [6, 6.07) is 3.88. The number of aryl methyl sites for hydroxylation is 2. The quantitative estimate of drug-likeness (QED) is 0.214. The van der Waals surface area contributed by atoms with Crippen LogP contribution in [0, 0.1) is 25.2 Å². The summed E-state index contributed by atoms with van der Waals surface area (Å²) >= 11 is 14.8. The van der Waals surface area contributed by atoms with Gasteiger partial charge in [0.2, 0.25) is 0 Å². The van der Waals surface area contributed by atoms with E-state index in [1.807, 2.05) is 40.7 Å². The number of rotatable bonds is 2. The molecule has 4 aromatic heterocycles. The minimum atomic E-state index is -0.608. The molecule has 9 nitrogen and oxygen atoms in total. The molecule has 2 N–H and O–H groups in total. The van der Waals surface area contributed by atoms with Crippen molar-refractivity contribution in [3.05, 3.63) is 45.5 Å². The van der Waals surface area contributed by atoms with E-state index < -0.39 is 23.4 Å². The third kappa shape index (κ3) is 7.95. The molecule has 0 aliphatic heterocycles. The molecular weight excluding hydrogens is 593 g/mol. The average molecular weight is 623 g/mol. The Bertz CT molecular complexity index is 1590. The number of thiophene rings is 2. The van der Waals surface area contributed by atoms with Gasteiger partial charge in [0.05, 0.1) is 16.0 Å². The van der Waals surface area contributed by atoms with Crippen LogP contribution in [0.15, 0.2) is 18.5 Å². The normalized spacial score (nSPS) is 11.4. The Balaban J connectivity index is 0.000000222. The Hall–Kier alpha value is -3.17. The standard InChI is InChI=1S/C14H14ClN3O2S.C13H15ClN2O2S/c1-7-6-17-11(15)9-8(5-16)12(21-10(7)9)18-13(19)20-14(2,3)4;1-7-6-15-11(14)8-5-9(19-10(7)8)16-12(17)18-13(2,3)4/h6H,1-4H3,(H,18,19);5-6H,1-4H3,(H,16,17). The van der Waals surface area contributed by atoms with Gasteiger partial charge in [-0.05, 0) is 72.6 Å². The number of carbonyl (C=O) groups is 2. The summed E-state index contributed by atoms with van der Waals surface area (Å²) in [7, 11) is 0. The summed E-state index contributed by atoms with van der Waals surface area (Å²) < 4.78 is 12.3. The zero-order valence-corrected chi connectivity index (χ0v) is 26.4. The van der Waals surface area contributed by atoms with E-state index in [9.17, 15) is 14.9 Å². The van der Waals surface area contributed by atoms with E-state index in [1.54, 1.807) is 33.2 Å². The zero-order valence-electron chi connectivity index (χ0n) is 23.3. The maximum atomic E-state index is 11.9. The van der Waals surface area contributed by atoms with Crippen LogP contribution in [-0.4, -0.2) is 33.4 Å². The third-order valence-corrected chi connectivity index (χ3v) is 7.89. The molecule has 4 aromatic rings. The van der Waals surface area contributed by atoms with Crippen LogP contribution in [0.1, 0.15) is 58.2 Å². The first-order chi connectivity index (χ1) is 18.5. The predicted octanol–water partition coefficient (Wildman–Crippen LogP) is 9.08.